The molecule has 0 fully saturated rings. The van der Waals surface area contributed by atoms with Crippen LogP contribution in [0.1, 0.15) is 24.2 Å². The molecule has 0 saturated heterocycles. The van der Waals surface area contributed by atoms with Crippen LogP contribution in [0.2, 0.25) is 0 Å². The van der Waals surface area contributed by atoms with E-state index < -0.39 is 5.97 Å². The quantitative estimate of drug-likeness (QED) is 0.774. The number of carbonyl (C=O) groups excluding carboxylic acids is 1. The second-order valence-corrected chi connectivity index (χ2v) is 4.67. The van der Waals surface area contributed by atoms with Crippen molar-refractivity contribution in [3.63, 3.8) is 0 Å². The van der Waals surface area contributed by atoms with Crippen LogP contribution in [0.5, 0.6) is 0 Å². The number of aromatic carboxylic acids is 1. The van der Waals surface area contributed by atoms with Crippen molar-refractivity contribution in [3.05, 3.63) is 29.8 Å². The van der Waals surface area contributed by atoms with Crippen LogP contribution in [0.3, 0.4) is 0 Å². The largest absolute Gasteiger partial charge is 0.478 e. The lowest BCUT2D eigenvalue weighted by Gasteiger charge is -2.10. The molecule has 112 valence electrons. The van der Waals surface area contributed by atoms with E-state index in [1.54, 1.807) is 19.1 Å². The summed E-state index contributed by atoms with van der Waals surface area (Å²) >= 11 is 0. The van der Waals surface area contributed by atoms with E-state index in [2.05, 4.69) is 5.32 Å². The number of benzene rings is 1. The van der Waals surface area contributed by atoms with E-state index in [0.717, 1.165) is 6.54 Å². The maximum Gasteiger partial charge on any atom is 0.335 e. The molecule has 1 rings (SSSR count). The summed E-state index contributed by atoms with van der Waals surface area (Å²) in [6.07, 6.45) is -0.199. The molecule has 1 atom stereocenters. The number of carbonyl (C=O) groups is 2. The first kappa shape index (κ1) is 18.1. The van der Waals surface area contributed by atoms with Gasteiger partial charge in [-0.1, -0.05) is 0 Å². The van der Waals surface area contributed by atoms with Crippen LogP contribution in [0, 0.1) is 0 Å². The van der Waals surface area contributed by atoms with Crippen LogP contribution in [-0.2, 0) is 4.79 Å². The fourth-order valence-electron chi connectivity index (χ4n) is 1.43. The number of carboxylic acid groups (broad SMARTS) is 1. The van der Waals surface area contributed by atoms with Gasteiger partial charge >= 0.3 is 5.97 Å². The third-order valence-electron chi connectivity index (χ3n) is 2.08. The molecule has 0 spiro atoms. The van der Waals surface area contributed by atoms with E-state index in [1.807, 2.05) is 19.0 Å². The monoisotopic (exact) mass is 282 g/mol. The molecular formula is C14H22N2O4. The van der Waals surface area contributed by atoms with Crippen molar-refractivity contribution in [3.8, 4) is 0 Å². The van der Waals surface area contributed by atoms with Gasteiger partial charge in [-0.05, 0) is 45.3 Å². The highest BCUT2D eigenvalue weighted by molar-refractivity contribution is 5.91. The van der Waals surface area contributed by atoms with E-state index in [-0.39, 0.29) is 17.6 Å². The predicted molar refractivity (Wildman–Crippen MR) is 77.9 cm³/mol. The number of aliphatic hydroxyl groups excluding tert-OH is 1. The van der Waals surface area contributed by atoms with Gasteiger partial charge < -0.3 is 20.4 Å². The van der Waals surface area contributed by atoms with Crippen LogP contribution in [0.4, 0.5) is 5.69 Å². The van der Waals surface area contributed by atoms with Crippen molar-refractivity contribution in [1.82, 2.24) is 4.90 Å². The molecule has 0 aliphatic carbocycles. The third kappa shape index (κ3) is 9.07. The van der Waals surface area contributed by atoms with E-state index in [0.29, 0.717) is 5.69 Å². The van der Waals surface area contributed by atoms with Crippen LogP contribution < -0.4 is 5.32 Å². The minimum atomic E-state index is -0.977. The van der Waals surface area contributed by atoms with Gasteiger partial charge in [0, 0.05) is 19.2 Å². The molecule has 3 N–H and O–H groups in total. The third-order valence-corrected chi connectivity index (χ3v) is 2.08. The lowest BCUT2D eigenvalue weighted by atomic mass is 10.2. The summed E-state index contributed by atoms with van der Waals surface area (Å²) in [4.78, 5) is 23.0. The Bertz CT molecular complexity index is 421. The Balaban J connectivity index is 0.000000441. The maximum absolute atomic E-state index is 10.6. The van der Waals surface area contributed by atoms with E-state index in [1.165, 1.54) is 19.1 Å². The van der Waals surface area contributed by atoms with Gasteiger partial charge in [-0.15, -0.1) is 0 Å². The number of rotatable bonds is 4. The van der Waals surface area contributed by atoms with Gasteiger partial charge in [0.2, 0.25) is 5.91 Å². The Morgan fingerprint density at radius 2 is 1.75 bits per heavy atom. The molecule has 1 amide bonds. The molecule has 0 unspecified atom stereocenters. The summed E-state index contributed by atoms with van der Waals surface area (Å²) in [5, 5.41) is 19.8. The van der Waals surface area contributed by atoms with Gasteiger partial charge in [0.05, 0.1) is 11.7 Å². The average Bonchev–Trinajstić information content (AvgIpc) is 2.27. The Morgan fingerprint density at radius 3 is 2.00 bits per heavy atom. The summed E-state index contributed by atoms with van der Waals surface area (Å²) in [7, 11) is 3.87. The average molecular weight is 282 g/mol. The first-order valence-corrected chi connectivity index (χ1v) is 6.16. The molecule has 0 aromatic heterocycles. The Kier molecular flexibility index (Phi) is 8.19. The number of nitrogens with one attached hydrogen (secondary N) is 1. The number of aliphatic hydroxyl groups is 1. The molecule has 0 heterocycles. The number of anilines is 1. The SMILES string of the molecule is CC(=O)Nc1ccc(C(=O)O)cc1.C[C@@H](O)CN(C)C. The molecule has 0 radical (unpaired) electrons. The topological polar surface area (TPSA) is 89.9 Å². The number of hydrogen-bond donors (Lipinski definition) is 3. The summed E-state index contributed by atoms with van der Waals surface area (Å²) in [6.45, 7) is 3.92. The van der Waals surface area contributed by atoms with Crippen LogP contribution in [-0.4, -0.2) is 53.7 Å². The number of amides is 1. The van der Waals surface area contributed by atoms with Crippen molar-refractivity contribution < 1.29 is 19.8 Å². The molecule has 6 heteroatoms. The highest BCUT2D eigenvalue weighted by Gasteiger charge is 2.01. The van der Waals surface area contributed by atoms with Crippen molar-refractivity contribution in [2.24, 2.45) is 0 Å². The van der Waals surface area contributed by atoms with Gasteiger partial charge in [0.25, 0.3) is 0 Å². The van der Waals surface area contributed by atoms with Crippen molar-refractivity contribution in [2.75, 3.05) is 26.0 Å². The normalized spacial score (nSPS) is 11.3. The zero-order chi connectivity index (χ0) is 15.7. The van der Waals surface area contributed by atoms with Crippen LogP contribution in [0.25, 0.3) is 0 Å². The first-order chi connectivity index (χ1) is 9.22. The number of carboxylic acids is 1. The summed E-state index contributed by atoms with van der Waals surface area (Å²) in [6, 6.07) is 5.97. The lowest BCUT2D eigenvalue weighted by molar-refractivity contribution is -0.114. The van der Waals surface area contributed by atoms with Crippen molar-refractivity contribution in [2.45, 2.75) is 20.0 Å². The van der Waals surface area contributed by atoms with E-state index >= 15 is 0 Å². The Labute approximate surface area is 119 Å². The van der Waals surface area contributed by atoms with Gasteiger partial charge in [-0.25, -0.2) is 4.79 Å². The second-order valence-electron chi connectivity index (χ2n) is 4.67. The fraction of sp³-hybridized carbons (Fsp3) is 0.429. The maximum atomic E-state index is 10.6. The van der Waals surface area contributed by atoms with E-state index in [9.17, 15) is 9.59 Å². The highest BCUT2D eigenvalue weighted by Crippen LogP contribution is 2.08. The zero-order valence-corrected chi connectivity index (χ0v) is 12.3. The second kappa shape index (κ2) is 9.06. The zero-order valence-electron chi connectivity index (χ0n) is 12.3. The van der Waals surface area contributed by atoms with Gasteiger partial charge in [0.15, 0.2) is 0 Å². The molecule has 1 aromatic carbocycles. The molecular weight excluding hydrogens is 260 g/mol. The predicted octanol–water partition coefficient (Wildman–Crippen LogP) is 1.27. The van der Waals surface area contributed by atoms with E-state index in [4.69, 9.17) is 10.2 Å². The Morgan fingerprint density at radius 1 is 1.25 bits per heavy atom. The number of nitrogens with zero attached hydrogens (tertiary/aromatic N) is 1. The van der Waals surface area contributed by atoms with Gasteiger partial charge in [0.1, 0.15) is 0 Å². The van der Waals surface area contributed by atoms with Crippen molar-refractivity contribution in [1.29, 1.82) is 0 Å². The number of hydrogen-bond acceptors (Lipinski definition) is 4. The van der Waals surface area contributed by atoms with Gasteiger partial charge in [-0.3, -0.25) is 4.79 Å². The lowest BCUT2D eigenvalue weighted by Crippen LogP contribution is -2.22. The minimum Gasteiger partial charge on any atom is -0.478 e. The van der Waals surface area contributed by atoms with Gasteiger partial charge in [-0.2, -0.15) is 0 Å². The molecule has 20 heavy (non-hydrogen) atoms. The number of likely N-dealkylation sites (N-methyl/N-ethyl adjacent to an activating group) is 1. The molecule has 6 nitrogen and oxygen atoms in total. The smallest absolute Gasteiger partial charge is 0.335 e. The summed E-state index contributed by atoms with van der Waals surface area (Å²) in [5.74, 6) is -1.16. The van der Waals surface area contributed by atoms with Crippen molar-refractivity contribution >= 4 is 17.6 Å². The standard InChI is InChI=1S/C9H9NO3.C5H13NO/c1-6(11)10-8-4-2-7(3-5-8)9(12)13;1-5(7)4-6(2)3/h2-5H,1H3,(H,10,11)(H,12,13);5,7H,4H2,1-3H3/t;5-/m.1/s1. The fourth-order valence-corrected chi connectivity index (χ4v) is 1.43. The Hall–Kier alpha value is -1.92. The molecule has 0 aliphatic heterocycles. The summed E-state index contributed by atoms with van der Waals surface area (Å²) < 4.78 is 0. The molecule has 1 aromatic rings. The van der Waals surface area contributed by atoms with Crippen LogP contribution in [0.15, 0.2) is 24.3 Å². The molecule has 0 saturated carbocycles. The molecule has 0 bridgehead atoms. The molecule has 0 aliphatic rings. The highest BCUT2D eigenvalue weighted by atomic mass is 16.4. The van der Waals surface area contributed by atoms with Crippen LogP contribution >= 0.6 is 0 Å². The summed E-state index contributed by atoms with van der Waals surface area (Å²) in [5.41, 5.74) is 0.798. The minimum absolute atomic E-state index is 0.178. The first-order valence-electron chi connectivity index (χ1n) is 6.16.